The second-order valence-corrected chi connectivity index (χ2v) is 7.87. The second kappa shape index (κ2) is 12.1. The highest BCUT2D eigenvalue weighted by molar-refractivity contribution is 7.80. The molecule has 0 saturated heterocycles. The molecule has 0 saturated carbocycles. The maximum atomic E-state index is 12.1. The summed E-state index contributed by atoms with van der Waals surface area (Å²) in [5, 5.41) is 5.86. The third-order valence-electron chi connectivity index (χ3n) is 4.89. The zero-order valence-electron chi connectivity index (χ0n) is 19.1. The fraction of sp³-hybridized carbons (Fsp3) is 0.280. The van der Waals surface area contributed by atoms with E-state index in [1.807, 2.05) is 52.1 Å². The summed E-state index contributed by atoms with van der Waals surface area (Å²) in [5.41, 5.74) is 4.36. The maximum absolute atomic E-state index is 12.1. The summed E-state index contributed by atoms with van der Waals surface area (Å²) in [6.45, 7) is 6.52. The van der Waals surface area contributed by atoms with Crippen molar-refractivity contribution in [1.29, 1.82) is 0 Å². The average molecular weight is 455 g/mol. The van der Waals surface area contributed by atoms with Gasteiger partial charge in [-0.3, -0.25) is 9.59 Å². The second-order valence-electron chi connectivity index (χ2n) is 7.42. The molecular weight excluding hydrogens is 424 g/mol. The molecule has 0 bridgehead atoms. The molecule has 2 N–H and O–H groups in total. The average Bonchev–Trinajstić information content (AvgIpc) is 3.26. The van der Waals surface area contributed by atoms with Crippen LogP contribution in [0, 0.1) is 13.8 Å². The fourth-order valence-electron chi connectivity index (χ4n) is 3.03. The largest absolute Gasteiger partial charge is 0.497 e. The molecule has 0 aliphatic heterocycles. The van der Waals surface area contributed by atoms with Crippen LogP contribution in [-0.4, -0.2) is 26.4 Å². The molecule has 1 heterocycles. The van der Waals surface area contributed by atoms with Crippen molar-refractivity contribution in [2.75, 3.05) is 14.2 Å². The van der Waals surface area contributed by atoms with Crippen molar-refractivity contribution >= 4 is 24.8 Å². The van der Waals surface area contributed by atoms with Crippen LogP contribution < -0.4 is 15.4 Å². The van der Waals surface area contributed by atoms with Crippen LogP contribution in [0.25, 0.3) is 0 Å². The van der Waals surface area contributed by atoms with Crippen LogP contribution in [0.2, 0.25) is 0 Å². The number of aldehydes is 1. The number of benzene rings is 2. The molecule has 3 aromatic rings. The Balaban J connectivity index is 0.000000278. The molecule has 1 unspecified atom stereocenters. The number of nitrogens with one attached hydrogen (secondary N) is 2. The normalized spacial score (nSPS) is 11.2. The van der Waals surface area contributed by atoms with Gasteiger partial charge < -0.3 is 19.8 Å². The minimum absolute atomic E-state index is 0.152. The van der Waals surface area contributed by atoms with Crippen LogP contribution in [-0.2, 0) is 6.54 Å². The van der Waals surface area contributed by atoms with E-state index in [-0.39, 0.29) is 11.9 Å². The van der Waals surface area contributed by atoms with Crippen molar-refractivity contribution in [2.45, 2.75) is 38.3 Å². The molecule has 170 valence electrons. The van der Waals surface area contributed by atoms with Gasteiger partial charge in [0.25, 0.3) is 5.91 Å². The highest BCUT2D eigenvalue weighted by Crippen LogP contribution is 2.23. The molecule has 1 atom stereocenters. The van der Waals surface area contributed by atoms with E-state index in [0.717, 1.165) is 33.6 Å². The Morgan fingerprint density at radius 2 is 1.78 bits per heavy atom. The van der Waals surface area contributed by atoms with E-state index in [1.165, 1.54) is 6.26 Å². The monoisotopic (exact) mass is 454 g/mol. The number of hydrogen-bond acceptors (Lipinski definition) is 6. The van der Waals surface area contributed by atoms with Gasteiger partial charge in [-0.2, -0.15) is 0 Å². The number of thiol groups is 1. The highest BCUT2D eigenvalue weighted by Gasteiger charge is 2.14. The number of carbonyl (C=O) groups excluding carboxylic acids is 2. The number of carbonyl (C=O) groups is 2. The predicted molar refractivity (Wildman–Crippen MR) is 129 cm³/mol. The number of furan rings is 1. The molecule has 32 heavy (non-hydrogen) atoms. The van der Waals surface area contributed by atoms with Gasteiger partial charge in [0, 0.05) is 10.5 Å². The third kappa shape index (κ3) is 7.00. The smallest absolute Gasteiger partial charge is 0.255 e. The van der Waals surface area contributed by atoms with Crippen LogP contribution in [0.5, 0.6) is 5.75 Å². The zero-order valence-corrected chi connectivity index (χ0v) is 20.0. The van der Waals surface area contributed by atoms with Gasteiger partial charge in [-0.15, -0.1) is 12.6 Å². The quantitative estimate of drug-likeness (QED) is 0.349. The van der Waals surface area contributed by atoms with E-state index in [9.17, 15) is 9.59 Å². The van der Waals surface area contributed by atoms with Crippen molar-refractivity contribution < 1.29 is 18.7 Å². The predicted octanol–water partition coefficient (Wildman–Crippen LogP) is 4.90. The Bertz CT molecular complexity index is 1020. The van der Waals surface area contributed by atoms with E-state index < -0.39 is 0 Å². The molecule has 0 fully saturated rings. The van der Waals surface area contributed by atoms with E-state index in [2.05, 4.69) is 23.3 Å². The van der Waals surface area contributed by atoms with E-state index in [4.69, 9.17) is 9.15 Å². The van der Waals surface area contributed by atoms with Gasteiger partial charge in [-0.1, -0.05) is 24.3 Å². The number of hydrogen-bond donors (Lipinski definition) is 3. The first-order valence-corrected chi connectivity index (χ1v) is 10.7. The lowest BCUT2D eigenvalue weighted by molar-refractivity contribution is 0.0939. The maximum Gasteiger partial charge on any atom is 0.255 e. The SMILES string of the molecule is CNCc1cc(C(=O)NC(C)c2ccc(C=O)cc2)co1.COc1cc(C)c(S)c(C)c1. The lowest BCUT2D eigenvalue weighted by Crippen LogP contribution is -2.26. The van der Waals surface area contributed by atoms with Crippen molar-refractivity contribution in [3.05, 3.63) is 82.3 Å². The van der Waals surface area contributed by atoms with Crippen molar-refractivity contribution in [2.24, 2.45) is 0 Å². The minimum atomic E-state index is -0.187. The van der Waals surface area contributed by atoms with Gasteiger partial charge in [0.1, 0.15) is 24.1 Å². The number of aryl methyl sites for hydroxylation is 2. The lowest BCUT2D eigenvalue weighted by Gasteiger charge is -2.13. The Morgan fingerprint density at radius 3 is 2.31 bits per heavy atom. The van der Waals surface area contributed by atoms with Gasteiger partial charge in [0.2, 0.25) is 0 Å². The van der Waals surface area contributed by atoms with E-state index in [1.54, 1.807) is 25.3 Å². The first-order valence-electron chi connectivity index (χ1n) is 10.2. The molecule has 6 nitrogen and oxygen atoms in total. The minimum Gasteiger partial charge on any atom is -0.497 e. The van der Waals surface area contributed by atoms with Crippen molar-refractivity contribution in [1.82, 2.24) is 10.6 Å². The molecule has 2 aromatic carbocycles. The van der Waals surface area contributed by atoms with Crippen LogP contribution in [0.3, 0.4) is 0 Å². The lowest BCUT2D eigenvalue weighted by atomic mass is 10.1. The Morgan fingerprint density at radius 1 is 1.16 bits per heavy atom. The van der Waals surface area contributed by atoms with Crippen LogP contribution in [0.15, 0.2) is 58.0 Å². The summed E-state index contributed by atoms with van der Waals surface area (Å²) in [4.78, 5) is 23.8. The standard InChI is InChI=1S/C16H18N2O3.C9H12OS/c1-11(13-5-3-12(9-19)4-6-13)18-16(20)14-7-15(8-17-2)21-10-14;1-6-4-8(10-3)5-7(2)9(6)11/h3-7,9-11,17H,8H2,1-2H3,(H,18,20);4-5,11H,1-3H3. The molecule has 0 aliphatic rings. The Hall–Kier alpha value is -3.03. The van der Waals surface area contributed by atoms with Gasteiger partial charge in [-0.05, 0) is 62.7 Å². The molecule has 1 amide bonds. The molecule has 1 aromatic heterocycles. The third-order valence-corrected chi connectivity index (χ3v) is 5.59. The summed E-state index contributed by atoms with van der Waals surface area (Å²) >= 11 is 4.34. The van der Waals surface area contributed by atoms with Crippen molar-refractivity contribution in [3.8, 4) is 5.75 Å². The first kappa shape index (κ1) is 25.2. The van der Waals surface area contributed by atoms with Gasteiger partial charge >= 0.3 is 0 Å². The number of amides is 1. The number of methoxy groups -OCH3 is 1. The Kier molecular flexibility index (Phi) is 9.56. The molecular formula is C25H30N2O4S. The molecule has 0 radical (unpaired) electrons. The number of ether oxygens (including phenoxy) is 1. The summed E-state index contributed by atoms with van der Waals surface area (Å²) in [6, 6.07) is 12.6. The molecule has 0 aliphatic carbocycles. The Labute approximate surface area is 194 Å². The highest BCUT2D eigenvalue weighted by atomic mass is 32.1. The summed E-state index contributed by atoms with van der Waals surface area (Å²) in [5.74, 6) is 1.43. The zero-order chi connectivity index (χ0) is 23.7. The summed E-state index contributed by atoms with van der Waals surface area (Å²) in [7, 11) is 3.49. The molecule has 3 rings (SSSR count). The van der Waals surface area contributed by atoms with E-state index in [0.29, 0.717) is 23.4 Å². The van der Waals surface area contributed by atoms with Gasteiger partial charge in [0.15, 0.2) is 0 Å². The summed E-state index contributed by atoms with van der Waals surface area (Å²) in [6.07, 6.45) is 2.24. The van der Waals surface area contributed by atoms with Crippen LogP contribution in [0.4, 0.5) is 0 Å². The van der Waals surface area contributed by atoms with Crippen LogP contribution in [0.1, 0.15) is 56.1 Å². The van der Waals surface area contributed by atoms with Crippen molar-refractivity contribution in [3.63, 3.8) is 0 Å². The number of rotatable bonds is 7. The first-order chi connectivity index (χ1) is 15.3. The topological polar surface area (TPSA) is 80.6 Å². The van der Waals surface area contributed by atoms with Gasteiger partial charge in [0.05, 0.1) is 25.3 Å². The summed E-state index contributed by atoms with van der Waals surface area (Å²) < 4.78 is 10.4. The van der Waals surface area contributed by atoms with E-state index >= 15 is 0 Å². The molecule has 7 heteroatoms. The fourth-order valence-corrected chi connectivity index (χ4v) is 3.16. The molecule has 0 spiro atoms. The van der Waals surface area contributed by atoms with Crippen LogP contribution >= 0.6 is 12.6 Å². The van der Waals surface area contributed by atoms with Gasteiger partial charge in [-0.25, -0.2) is 0 Å².